The summed E-state index contributed by atoms with van der Waals surface area (Å²) >= 11 is 1.72. The van der Waals surface area contributed by atoms with E-state index in [1.165, 1.54) is 5.19 Å². The van der Waals surface area contributed by atoms with Crippen LogP contribution >= 0.6 is 11.8 Å². The number of aromatic nitrogens is 2. The monoisotopic (exact) mass is 395 g/mol. The summed E-state index contributed by atoms with van der Waals surface area (Å²) in [6.45, 7) is 5.02. The first-order valence-corrected chi connectivity index (χ1v) is 12.6. The Labute approximate surface area is 155 Å². The summed E-state index contributed by atoms with van der Waals surface area (Å²) in [5.41, 5.74) is -2.10. The van der Waals surface area contributed by atoms with Crippen LogP contribution in [0.15, 0.2) is 46.1 Å². The third-order valence-electron chi connectivity index (χ3n) is 4.07. The van der Waals surface area contributed by atoms with Gasteiger partial charge in [0, 0.05) is 12.3 Å². The first kappa shape index (κ1) is 20.2. The second kappa shape index (κ2) is 8.99. The van der Waals surface area contributed by atoms with Crippen molar-refractivity contribution >= 4 is 31.1 Å². The number of aromatic amines is 1. The maximum absolute atomic E-state index is 13.2. The highest BCUT2D eigenvalue weighted by Gasteiger charge is 2.22. The molecule has 0 saturated carbocycles. The minimum Gasteiger partial charge on any atom is -0.336 e. The van der Waals surface area contributed by atoms with E-state index in [9.17, 15) is 18.8 Å². The summed E-state index contributed by atoms with van der Waals surface area (Å²) < 4.78 is 13.7. The number of hydrogen-bond acceptors (Lipinski definition) is 4. The summed E-state index contributed by atoms with van der Waals surface area (Å²) in [6.07, 6.45) is 0.595. The zero-order valence-electron chi connectivity index (χ0n) is 14.8. The molecule has 140 valence electrons. The van der Waals surface area contributed by atoms with Crippen LogP contribution in [0.5, 0.6) is 0 Å². The molecule has 0 aliphatic carbocycles. The predicted molar refractivity (Wildman–Crippen MR) is 106 cm³/mol. The van der Waals surface area contributed by atoms with E-state index in [0.717, 1.165) is 11.8 Å². The lowest BCUT2D eigenvalue weighted by Crippen LogP contribution is -2.42. The van der Waals surface area contributed by atoms with Crippen LogP contribution in [0.4, 0.5) is 9.18 Å². The number of amides is 1. The van der Waals surface area contributed by atoms with E-state index in [2.05, 4.69) is 42.7 Å². The average molecular weight is 396 g/mol. The average Bonchev–Trinajstić information content (AvgIpc) is 2.61. The van der Waals surface area contributed by atoms with Crippen molar-refractivity contribution in [2.24, 2.45) is 0 Å². The molecule has 9 heteroatoms. The van der Waals surface area contributed by atoms with Gasteiger partial charge < -0.3 is 5.32 Å². The maximum Gasteiger partial charge on any atom is 0.336 e. The Bertz CT molecular complexity index is 868. The van der Waals surface area contributed by atoms with Crippen LogP contribution in [0.25, 0.3) is 0 Å². The zero-order valence-corrected chi connectivity index (χ0v) is 16.6. The Morgan fingerprint density at radius 3 is 2.62 bits per heavy atom. The van der Waals surface area contributed by atoms with Gasteiger partial charge in [0.05, 0.1) is 14.3 Å². The summed E-state index contributed by atoms with van der Waals surface area (Å²) in [5, 5.41) is 3.97. The molecular formula is C17H22FN3O3SSi. The highest BCUT2D eigenvalue weighted by Crippen LogP contribution is 2.14. The van der Waals surface area contributed by atoms with Crippen molar-refractivity contribution in [3.05, 3.63) is 63.2 Å². The molecule has 1 aromatic heterocycles. The van der Waals surface area contributed by atoms with E-state index in [-0.39, 0.29) is 0 Å². The molecule has 0 aliphatic rings. The van der Waals surface area contributed by atoms with Gasteiger partial charge in [0.1, 0.15) is 0 Å². The Morgan fingerprint density at radius 1 is 1.23 bits per heavy atom. The molecule has 1 amide bonds. The van der Waals surface area contributed by atoms with Crippen LogP contribution in [-0.4, -0.2) is 41.7 Å². The second-order valence-electron chi connectivity index (χ2n) is 6.45. The largest absolute Gasteiger partial charge is 0.336 e. The molecule has 2 aromatic rings. The number of hydrogen-bond donors (Lipinski definition) is 2. The molecule has 0 radical (unpaired) electrons. The number of nitrogens with zero attached hydrogens (tertiary/aromatic N) is 1. The van der Waals surface area contributed by atoms with E-state index >= 15 is 0 Å². The Kier molecular flexibility index (Phi) is 6.98. The molecule has 0 atom stereocenters. The van der Waals surface area contributed by atoms with Gasteiger partial charge in [0.2, 0.25) is 5.82 Å². The Balaban J connectivity index is 1.74. The summed E-state index contributed by atoms with van der Waals surface area (Å²) in [6, 6.07) is 10.9. The number of H-pyrrole nitrogens is 1. The fourth-order valence-electron chi connectivity index (χ4n) is 2.38. The number of carbonyl (C=O) groups is 1. The lowest BCUT2D eigenvalue weighted by Gasteiger charge is -2.22. The number of benzene rings is 1. The number of rotatable bonds is 7. The normalized spacial score (nSPS) is 11.3. The summed E-state index contributed by atoms with van der Waals surface area (Å²) in [4.78, 5) is 36.1. The first-order chi connectivity index (χ1) is 12.3. The summed E-state index contributed by atoms with van der Waals surface area (Å²) in [5.74, 6) is 0.491. The van der Waals surface area contributed by atoms with Crippen LogP contribution in [0.1, 0.15) is 0 Å². The van der Waals surface area contributed by atoms with Crippen molar-refractivity contribution in [1.82, 2.24) is 14.9 Å². The molecule has 0 aliphatic heterocycles. The van der Waals surface area contributed by atoms with Crippen molar-refractivity contribution in [3.8, 4) is 0 Å². The van der Waals surface area contributed by atoms with Gasteiger partial charge in [0.25, 0.3) is 5.56 Å². The molecule has 2 N–H and O–H groups in total. The first-order valence-electron chi connectivity index (χ1n) is 8.24. The second-order valence-corrected chi connectivity index (χ2v) is 12.5. The lowest BCUT2D eigenvalue weighted by molar-refractivity contribution is 0.241. The SMILES string of the molecule is C[Si](C)(CCSCCNC(=O)n1cc(F)c(=O)[nH]c1=O)c1ccccc1. The van der Waals surface area contributed by atoms with E-state index in [0.29, 0.717) is 23.1 Å². The van der Waals surface area contributed by atoms with Gasteiger partial charge in [-0.1, -0.05) is 48.6 Å². The number of carbonyl (C=O) groups excluding carboxylic acids is 1. The zero-order chi connectivity index (χ0) is 19.2. The van der Waals surface area contributed by atoms with Gasteiger partial charge in [-0.05, 0) is 11.8 Å². The molecule has 2 rings (SSSR count). The Hall–Kier alpha value is -2.13. The van der Waals surface area contributed by atoms with Crippen LogP contribution in [0.3, 0.4) is 0 Å². The summed E-state index contributed by atoms with van der Waals surface area (Å²) in [7, 11) is -1.46. The highest BCUT2D eigenvalue weighted by atomic mass is 32.2. The van der Waals surface area contributed by atoms with Crippen molar-refractivity contribution in [2.75, 3.05) is 18.1 Å². The van der Waals surface area contributed by atoms with Gasteiger partial charge in [-0.3, -0.25) is 9.78 Å². The van der Waals surface area contributed by atoms with Gasteiger partial charge >= 0.3 is 11.7 Å². The van der Waals surface area contributed by atoms with Crippen LogP contribution in [-0.2, 0) is 0 Å². The molecule has 0 bridgehead atoms. The lowest BCUT2D eigenvalue weighted by atomic mass is 10.4. The topological polar surface area (TPSA) is 84.0 Å². The minimum atomic E-state index is -1.46. The van der Waals surface area contributed by atoms with E-state index < -0.39 is 31.2 Å². The highest BCUT2D eigenvalue weighted by molar-refractivity contribution is 7.99. The molecule has 0 spiro atoms. The fourth-order valence-corrected chi connectivity index (χ4v) is 6.83. The number of thioether (sulfide) groups is 1. The standard InChI is InChI=1S/C17H22FN3O3SSi/c1-26(2,13-6-4-3-5-7-13)11-10-25-9-8-19-16(23)21-12-14(18)15(22)20-17(21)24/h3-7,12H,8-11H2,1-2H3,(H,19,23)(H,20,22,24). The number of nitrogens with one attached hydrogen (secondary N) is 2. The maximum atomic E-state index is 13.2. The molecule has 0 fully saturated rings. The molecule has 26 heavy (non-hydrogen) atoms. The quantitative estimate of drug-likeness (QED) is 0.551. The molecule has 6 nitrogen and oxygen atoms in total. The van der Waals surface area contributed by atoms with E-state index in [1.54, 1.807) is 16.7 Å². The van der Waals surface area contributed by atoms with Crippen molar-refractivity contribution < 1.29 is 9.18 Å². The smallest absolute Gasteiger partial charge is 0.336 e. The molecule has 1 heterocycles. The van der Waals surface area contributed by atoms with E-state index in [1.807, 2.05) is 6.07 Å². The van der Waals surface area contributed by atoms with Crippen LogP contribution in [0, 0.1) is 5.82 Å². The van der Waals surface area contributed by atoms with Crippen molar-refractivity contribution in [3.63, 3.8) is 0 Å². The van der Waals surface area contributed by atoms with E-state index in [4.69, 9.17) is 0 Å². The third kappa shape index (κ3) is 5.43. The molecule has 0 unspecified atom stereocenters. The molecule has 0 saturated heterocycles. The van der Waals surface area contributed by atoms with Gasteiger partial charge in [-0.15, -0.1) is 0 Å². The fraction of sp³-hybridized carbons (Fsp3) is 0.353. The van der Waals surface area contributed by atoms with Gasteiger partial charge in [-0.2, -0.15) is 16.2 Å². The predicted octanol–water partition coefficient (Wildman–Crippen LogP) is 1.58. The van der Waals surface area contributed by atoms with Crippen LogP contribution in [0.2, 0.25) is 19.1 Å². The van der Waals surface area contributed by atoms with Gasteiger partial charge in [-0.25, -0.2) is 14.2 Å². The van der Waals surface area contributed by atoms with Gasteiger partial charge in [0.15, 0.2) is 0 Å². The molecule has 1 aromatic carbocycles. The minimum absolute atomic E-state index is 0.351. The van der Waals surface area contributed by atoms with Crippen molar-refractivity contribution in [1.29, 1.82) is 0 Å². The number of halogens is 1. The molecular weight excluding hydrogens is 373 g/mol. The Morgan fingerprint density at radius 2 is 1.92 bits per heavy atom. The third-order valence-corrected chi connectivity index (χ3v) is 8.81. The van der Waals surface area contributed by atoms with Crippen LogP contribution < -0.4 is 21.8 Å². The van der Waals surface area contributed by atoms with Crippen molar-refractivity contribution in [2.45, 2.75) is 19.1 Å².